The smallest absolute Gasteiger partial charge is 0.221 e. The number of nitrogens with zero attached hydrogens (tertiary/aromatic N) is 1. The number of guanidine groups is 1. The summed E-state index contributed by atoms with van der Waals surface area (Å²) in [7, 11) is 0. The largest absolute Gasteiger partial charge is 0.357 e. The van der Waals surface area contributed by atoms with Gasteiger partial charge in [0.25, 0.3) is 0 Å². The molecule has 0 aliphatic carbocycles. The Labute approximate surface area is 169 Å². The molecule has 25 heavy (non-hydrogen) atoms. The van der Waals surface area contributed by atoms with E-state index in [0.29, 0.717) is 13.0 Å². The molecule has 0 saturated carbocycles. The maximum absolute atomic E-state index is 11.6. The molecule has 1 rings (SSSR count). The third-order valence-electron chi connectivity index (χ3n) is 3.51. The number of aryl methyl sites for hydroxylation is 2. The second kappa shape index (κ2) is 13.9. The van der Waals surface area contributed by atoms with Crippen LogP contribution in [0.3, 0.4) is 0 Å². The van der Waals surface area contributed by atoms with Crippen LogP contribution in [-0.4, -0.2) is 38.0 Å². The molecule has 0 aliphatic rings. The molecule has 142 valence electrons. The molecule has 0 heterocycles. The Bertz CT molecular complexity index is 526. The molecule has 1 aromatic carbocycles. The summed E-state index contributed by atoms with van der Waals surface area (Å²) in [6.45, 7) is 11.2. The summed E-state index contributed by atoms with van der Waals surface area (Å²) >= 11 is 0. The van der Waals surface area contributed by atoms with E-state index < -0.39 is 0 Å². The normalized spacial score (nSPS) is 10.8. The number of amides is 1. The summed E-state index contributed by atoms with van der Waals surface area (Å²) in [5, 5.41) is 9.41. The molecule has 0 radical (unpaired) electrons. The highest BCUT2D eigenvalue weighted by Gasteiger charge is 2.02. The molecule has 1 amide bonds. The van der Waals surface area contributed by atoms with Crippen molar-refractivity contribution in [2.75, 3.05) is 26.2 Å². The number of benzene rings is 1. The Morgan fingerprint density at radius 3 is 2.28 bits per heavy atom. The number of carbonyl (C=O) groups is 1. The van der Waals surface area contributed by atoms with Gasteiger partial charge in [0.2, 0.25) is 5.91 Å². The molecule has 6 heteroatoms. The lowest BCUT2D eigenvalue weighted by Crippen LogP contribution is -2.38. The lowest BCUT2D eigenvalue weighted by molar-refractivity contribution is -0.120. The summed E-state index contributed by atoms with van der Waals surface area (Å²) in [4.78, 5) is 16.0. The minimum Gasteiger partial charge on any atom is -0.357 e. The first kappa shape index (κ1) is 23.7. The maximum Gasteiger partial charge on any atom is 0.221 e. The molecule has 5 nitrogen and oxygen atoms in total. The zero-order valence-electron chi connectivity index (χ0n) is 15.9. The standard InChI is InChI=1S/C19H32N4O.HI/c1-5-9-21-18(24)8-11-23-19(20-6-2)22-10-7-17-13-15(3)12-16(4)14-17;/h12-14H,5-11H2,1-4H3,(H,21,24)(H2,20,22,23);1H. The summed E-state index contributed by atoms with van der Waals surface area (Å²) in [5.74, 6) is 0.830. The van der Waals surface area contributed by atoms with E-state index in [-0.39, 0.29) is 29.9 Å². The molecule has 0 aromatic heterocycles. The van der Waals surface area contributed by atoms with Crippen molar-refractivity contribution in [3.8, 4) is 0 Å². The Morgan fingerprint density at radius 2 is 1.68 bits per heavy atom. The fourth-order valence-corrected chi connectivity index (χ4v) is 2.50. The van der Waals surface area contributed by atoms with Gasteiger partial charge >= 0.3 is 0 Å². The highest BCUT2D eigenvalue weighted by molar-refractivity contribution is 14.0. The van der Waals surface area contributed by atoms with E-state index in [4.69, 9.17) is 0 Å². The highest BCUT2D eigenvalue weighted by Crippen LogP contribution is 2.08. The quantitative estimate of drug-likeness (QED) is 0.302. The lowest BCUT2D eigenvalue weighted by Gasteiger charge is -2.12. The Hall–Kier alpha value is -1.31. The zero-order chi connectivity index (χ0) is 17.8. The predicted octanol–water partition coefficient (Wildman–Crippen LogP) is 2.94. The van der Waals surface area contributed by atoms with Gasteiger partial charge in [-0.1, -0.05) is 36.2 Å². The monoisotopic (exact) mass is 460 g/mol. The Morgan fingerprint density at radius 1 is 1.00 bits per heavy atom. The van der Waals surface area contributed by atoms with Gasteiger partial charge in [-0.25, -0.2) is 0 Å². The fourth-order valence-electron chi connectivity index (χ4n) is 2.50. The first-order chi connectivity index (χ1) is 11.5. The number of carbonyl (C=O) groups excluding carboxylic acids is 1. The number of nitrogens with one attached hydrogen (secondary N) is 3. The molecule has 0 bridgehead atoms. The highest BCUT2D eigenvalue weighted by atomic mass is 127. The Kier molecular flexibility index (Phi) is 13.2. The minimum atomic E-state index is 0. The van der Waals surface area contributed by atoms with Gasteiger partial charge in [0.05, 0.1) is 6.54 Å². The van der Waals surface area contributed by atoms with E-state index in [1.165, 1.54) is 16.7 Å². The van der Waals surface area contributed by atoms with Gasteiger partial charge in [-0.15, -0.1) is 24.0 Å². The average Bonchev–Trinajstić information content (AvgIpc) is 2.52. The topological polar surface area (TPSA) is 65.5 Å². The van der Waals surface area contributed by atoms with E-state index in [2.05, 4.69) is 53.0 Å². The zero-order valence-corrected chi connectivity index (χ0v) is 18.3. The van der Waals surface area contributed by atoms with Crippen LogP contribution in [0, 0.1) is 13.8 Å². The first-order valence-electron chi connectivity index (χ1n) is 8.91. The molecule has 0 fully saturated rings. The molecule has 1 aromatic rings. The van der Waals surface area contributed by atoms with Gasteiger partial charge < -0.3 is 16.0 Å². The van der Waals surface area contributed by atoms with Crippen LogP contribution >= 0.6 is 24.0 Å². The van der Waals surface area contributed by atoms with Crippen molar-refractivity contribution >= 4 is 35.8 Å². The van der Waals surface area contributed by atoms with E-state index in [9.17, 15) is 4.79 Å². The van der Waals surface area contributed by atoms with Crippen LogP contribution in [0.1, 0.15) is 43.4 Å². The third-order valence-corrected chi connectivity index (χ3v) is 3.51. The van der Waals surface area contributed by atoms with E-state index in [1.54, 1.807) is 0 Å². The van der Waals surface area contributed by atoms with Crippen LogP contribution in [0.4, 0.5) is 0 Å². The Balaban J connectivity index is 0.00000576. The molecular formula is C19H33IN4O. The van der Waals surface area contributed by atoms with Crippen molar-refractivity contribution in [1.29, 1.82) is 0 Å². The van der Waals surface area contributed by atoms with E-state index in [0.717, 1.165) is 38.4 Å². The molecule has 0 aliphatic heterocycles. The van der Waals surface area contributed by atoms with Crippen LogP contribution < -0.4 is 16.0 Å². The number of hydrogen-bond acceptors (Lipinski definition) is 2. The second-order valence-corrected chi connectivity index (χ2v) is 6.03. The molecule has 0 spiro atoms. The van der Waals surface area contributed by atoms with Gasteiger partial charge in [0.1, 0.15) is 0 Å². The fraction of sp³-hybridized carbons (Fsp3) is 0.579. The molecule has 0 saturated heterocycles. The number of rotatable bonds is 9. The van der Waals surface area contributed by atoms with Crippen molar-refractivity contribution in [2.24, 2.45) is 4.99 Å². The van der Waals surface area contributed by atoms with Crippen molar-refractivity contribution in [3.63, 3.8) is 0 Å². The van der Waals surface area contributed by atoms with Crippen molar-refractivity contribution in [1.82, 2.24) is 16.0 Å². The predicted molar refractivity (Wildman–Crippen MR) is 117 cm³/mol. The minimum absolute atomic E-state index is 0. The maximum atomic E-state index is 11.6. The summed E-state index contributed by atoms with van der Waals surface area (Å²) < 4.78 is 0. The average molecular weight is 460 g/mol. The lowest BCUT2D eigenvalue weighted by atomic mass is 10.1. The summed E-state index contributed by atoms with van der Waals surface area (Å²) in [5.41, 5.74) is 3.92. The van der Waals surface area contributed by atoms with Crippen molar-refractivity contribution in [3.05, 3.63) is 34.9 Å². The summed E-state index contributed by atoms with van der Waals surface area (Å²) in [6, 6.07) is 6.62. The van der Waals surface area contributed by atoms with Gasteiger partial charge in [0.15, 0.2) is 5.96 Å². The van der Waals surface area contributed by atoms with Crippen molar-refractivity contribution in [2.45, 2.75) is 47.0 Å². The molecular weight excluding hydrogens is 427 g/mol. The van der Waals surface area contributed by atoms with Crippen LogP contribution in [0.25, 0.3) is 0 Å². The van der Waals surface area contributed by atoms with Gasteiger partial charge in [-0.2, -0.15) is 0 Å². The molecule has 0 unspecified atom stereocenters. The third kappa shape index (κ3) is 11.0. The van der Waals surface area contributed by atoms with Crippen LogP contribution in [-0.2, 0) is 11.2 Å². The van der Waals surface area contributed by atoms with Crippen LogP contribution in [0.5, 0.6) is 0 Å². The second-order valence-electron chi connectivity index (χ2n) is 6.03. The van der Waals surface area contributed by atoms with Gasteiger partial charge in [-0.05, 0) is 39.2 Å². The van der Waals surface area contributed by atoms with Gasteiger partial charge in [0, 0.05) is 26.1 Å². The molecule has 3 N–H and O–H groups in total. The van der Waals surface area contributed by atoms with Crippen LogP contribution in [0.2, 0.25) is 0 Å². The molecule has 0 atom stereocenters. The van der Waals surface area contributed by atoms with Crippen molar-refractivity contribution < 1.29 is 4.79 Å². The van der Waals surface area contributed by atoms with E-state index >= 15 is 0 Å². The summed E-state index contributed by atoms with van der Waals surface area (Å²) in [6.07, 6.45) is 2.33. The van der Waals surface area contributed by atoms with Gasteiger partial charge in [-0.3, -0.25) is 9.79 Å². The SMILES string of the molecule is CCCNC(=O)CCN=C(NCC)NCCc1cc(C)cc(C)c1.I. The first-order valence-corrected chi connectivity index (χ1v) is 8.91. The van der Waals surface area contributed by atoms with Crippen LogP contribution in [0.15, 0.2) is 23.2 Å². The van der Waals surface area contributed by atoms with E-state index in [1.807, 2.05) is 13.8 Å². The number of aliphatic imine (C=N–C) groups is 1. The number of halogens is 1. The number of hydrogen-bond donors (Lipinski definition) is 3.